The van der Waals surface area contributed by atoms with Gasteiger partial charge in [-0.25, -0.2) is 0 Å². The average Bonchev–Trinajstić information content (AvgIpc) is 3.35. The molecule has 0 bridgehead atoms. The smallest absolute Gasteiger partial charge is 0.00119 e. The molecule has 194 valence electrons. The van der Waals surface area contributed by atoms with Crippen molar-refractivity contribution in [1.82, 2.24) is 0 Å². The highest BCUT2D eigenvalue weighted by Gasteiger charge is 2.52. The first-order chi connectivity index (χ1) is 19.0. The van der Waals surface area contributed by atoms with E-state index in [1.807, 2.05) is 0 Å². The van der Waals surface area contributed by atoms with Crippen LogP contribution in [0.25, 0.3) is 0 Å². The summed E-state index contributed by atoms with van der Waals surface area (Å²) in [6, 6.07) is 54.6. The third-order valence-electron chi connectivity index (χ3n) is 8.81. The summed E-state index contributed by atoms with van der Waals surface area (Å²) < 4.78 is 0. The van der Waals surface area contributed by atoms with E-state index in [-0.39, 0.29) is 5.41 Å². The van der Waals surface area contributed by atoms with Crippen LogP contribution in [0.4, 0.5) is 0 Å². The van der Waals surface area contributed by atoms with Gasteiger partial charge in [-0.3, -0.25) is 0 Å². The lowest BCUT2D eigenvalue weighted by molar-refractivity contribution is 0.546. The quantitative estimate of drug-likeness (QED) is 0.222. The van der Waals surface area contributed by atoms with E-state index in [0.717, 1.165) is 0 Å². The molecule has 0 nitrogen and oxygen atoms in total. The van der Waals surface area contributed by atoms with Crippen LogP contribution in [-0.2, 0) is 5.41 Å². The predicted molar refractivity (Wildman–Crippen MR) is 165 cm³/mol. The van der Waals surface area contributed by atoms with E-state index in [9.17, 15) is 0 Å². The van der Waals surface area contributed by atoms with Crippen molar-refractivity contribution in [1.29, 1.82) is 0 Å². The van der Waals surface area contributed by atoms with E-state index in [1.165, 1.54) is 33.4 Å². The molecule has 5 aromatic carbocycles. The molecule has 0 heterocycles. The number of rotatable bonds is 5. The minimum Gasteiger partial charge on any atom is -0.0622 e. The fourth-order valence-electron chi connectivity index (χ4n) is 7.10. The fourth-order valence-corrected chi connectivity index (χ4v) is 7.10. The molecule has 0 saturated heterocycles. The zero-order valence-corrected chi connectivity index (χ0v) is 23.2. The van der Waals surface area contributed by atoms with Crippen molar-refractivity contribution in [2.75, 3.05) is 0 Å². The average molecular weight is 507 g/mol. The molecule has 0 heteroatoms. The standard InChI is InChI=1S/C39H38/c1-39(2,3)33-26-16-25-32(27-33)38-36(30-21-12-6-13-22-30)34(28-17-8-4-9-18-28)35(29-19-10-5-11-20-29)37(38)31-23-14-7-15-24-31/h4-27,34-38H,1-3H3. The van der Waals surface area contributed by atoms with Crippen LogP contribution in [0.2, 0.25) is 0 Å². The monoisotopic (exact) mass is 506 g/mol. The summed E-state index contributed by atoms with van der Waals surface area (Å²) in [5.41, 5.74) is 8.65. The van der Waals surface area contributed by atoms with Gasteiger partial charge in [0.15, 0.2) is 0 Å². The van der Waals surface area contributed by atoms with Crippen molar-refractivity contribution in [2.45, 2.75) is 55.8 Å². The third kappa shape index (κ3) is 4.97. The third-order valence-corrected chi connectivity index (χ3v) is 8.81. The van der Waals surface area contributed by atoms with Gasteiger partial charge >= 0.3 is 0 Å². The highest BCUT2D eigenvalue weighted by atomic mass is 14.5. The molecule has 0 spiro atoms. The van der Waals surface area contributed by atoms with Gasteiger partial charge in [-0.15, -0.1) is 0 Å². The molecule has 39 heavy (non-hydrogen) atoms. The lowest BCUT2D eigenvalue weighted by Gasteiger charge is -2.30. The van der Waals surface area contributed by atoms with Gasteiger partial charge in [0.25, 0.3) is 0 Å². The van der Waals surface area contributed by atoms with Crippen molar-refractivity contribution >= 4 is 0 Å². The van der Waals surface area contributed by atoms with Crippen LogP contribution in [-0.4, -0.2) is 0 Å². The highest BCUT2D eigenvalue weighted by Crippen LogP contribution is 2.66. The van der Waals surface area contributed by atoms with Gasteiger partial charge in [-0.2, -0.15) is 0 Å². The van der Waals surface area contributed by atoms with E-state index in [2.05, 4.69) is 166 Å². The second-order valence-corrected chi connectivity index (χ2v) is 12.1. The molecule has 1 saturated carbocycles. The van der Waals surface area contributed by atoms with Gasteiger partial charge < -0.3 is 0 Å². The van der Waals surface area contributed by atoms with Crippen LogP contribution >= 0.6 is 0 Å². The van der Waals surface area contributed by atoms with E-state index >= 15 is 0 Å². The van der Waals surface area contributed by atoms with Gasteiger partial charge in [0, 0.05) is 0 Å². The molecule has 4 unspecified atom stereocenters. The Morgan fingerprint density at radius 1 is 0.333 bits per heavy atom. The Kier molecular flexibility index (Phi) is 6.96. The first-order valence-electron chi connectivity index (χ1n) is 14.3. The Hall–Kier alpha value is -3.90. The maximum absolute atomic E-state index is 2.51. The van der Waals surface area contributed by atoms with Crippen LogP contribution in [0.1, 0.15) is 83.7 Å². The van der Waals surface area contributed by atoms with E-state index in [4.69, 9.17) is 0 Å². The molecular weight excluding hydrogens is 468 g/mol. The number of hydrogen-bond donors (Lipinski definition) is 0. The Morgan fingerprint density at radius 3 is 0.923 bits per heavy atom. The molecule has 6 rings (SSSR count). The summed E-state index contributed by atoms with van der Waals surface area (Å²) in [5, 5.41) is 0. The lowest BCUT2D eigenvalue weighted by atomic mass is 9.73. The fraction of sp³-hybridized carbons (Fsp3) is 0.231. The van der Waals surface area contributed by atoms with E-state index in [0.29, 0.717) is 29.6 Å². The zero-order valence-electron chi connectivity index (χ0n) is 23.2. The largest absolute Gasteiger partial charge is 0.0622 e. The van der Waals surface area contributed by atoms with Crippen molar-refractivity contribution in [3.63, 3.8) is 0 Å². The second kappa shape index (κ2) is 10.7. The SMILES string of the molecule is CC(C)(C)c1cccc(C2C(c3ccccc3)C(c3ccccc3)C(c3ccccc3)C2c2ccccc2)c1. The van der Waals surface area contributed by atoms with Crippen molar-refractivity contribution in [3.05, 3.63) is 179 Å². The molecule has 0 N–H and O–H groups in total. The van der Waals surface area contributed by atoms with E-state index < -0.39 is 0 Å². The normalized spacial score (nSPS) is 23.0. The Morgan fingerprint density at radius 2 is 0.615 bits per heavy atom. The van der Waals surface area contributed by atoms with Crippen molar-refractivity contribution < 1.29 is 0 Å². The van der Waals surface area contributed by atoms with Gasteiger partial charge in [-0.05, 0) is 68.4 Å². The minimum absolute atomic E-state index is 0.0940. The molecule has 1 aliphatic carbocycles. The molecule has 5 aromatic rings. The minimum atomic E-state index is 0.0940. The second-order valence-electron chi connectivity index (χ2n) is 12.1. The maximum atomic E-state index is 2.51. The molecule has 4 atom stereocenters. The molecular formula is C39H38. The van der Waals surface area contributed by atoms with Gasteiger partial charge in [-0.1, -0.05) is 166 Å². The molecule has 1 aliphatic rings. The summed E-state index contributed by atoms with van der Waals surface area (Å²) in [4.78, 5) is 0. The van der Waals surface area contributed by atoms with Gasteiger partial charge in [0.2, 0.25) is 0 Å². The number of hydrogen-bond acceptors (Lipinski definition) is 0. The Bertz CT molecular complexity index is 1390. The molecule has 0 aliphatic heterocycles. The predicted octanol–water partition coefficient (Wildman–Crippen LogP) is 10.2. The van der Waals surface area contributed by atoms with Crippen molar-refractivity contribution in [3.8, 4) is 0 Å². The van der Waals surface area contributed by atoms with Crippen LogP contribution in [0, 0.1) is 0 Å². The zero-order chi connectivity index (χ0) is 26.8. The highest BCUT2D eigenvalue weighted by molar-refractivity contribution is 5.49. The molecule has 0 radical (unpaired) electrons. The summed E-state index contributed by atoms with van der Waals surface area (Å²) in [7, 11) is 0. The first-order valence-corrected chi connectivity index (χ1v) is 14.3. The van der Waals surface area contributed by atoms with Crippen LogP contribution in [0.3, 0.4) is 0 Å². The Balaban J connectivity index is 1.67. The van der Waals surface area contributed by atoms with E-state index in [1.54, 1.807) is 0 Å². The maximum Gasteiger partial charge on any atom is -0.00119 e. The lowest BCUT2D eigenvalue weighted by Crippen LogP contribution is -2.16. The topological polar surface area (TPSA) is 0 Å². The molecule has 1 fully saturated rings. The van der Waals surface area contributed by atoms with Crippen LogP contribution in [0.15, 0.2) is 146 Å². The van der Waals surface area contributed by atoms with Crippen LogP contribution in [0.5, 0.6) is 0 Å². The summed E-state index contributed by atoms with van der Waals surface area (Å²) in [6.45, 7) is 6.97. The summed E-state index contributed by atoms with van der Waals surface area (Å²) >= 11 is 0. The van der Waals surface area contributed by atoms with Crippen molar-refractivity contribution in [2.24, 2.45) is 0 Å². The molecule has 0 aromatic heterocycles. The van der Waals surface area contributed by atoms with Gasteiger partial charge in [0.05, 0.1) is 0 Å². The summed E-state index contributed by atoms with van der Waals surface area (Å²) in [6.07, 6.45) is 0. The summed E-state index contributed by atoms with van der Waals surface area (Å²) in [5.74, 6) is 1.67. The van der Waals surface area contributed by atoms with Crippen LogP contribution < -0.4 is 0 Å². The first kappa shape index (κ1) is 25.4. The van der Waals surface area contributed by atoms with Gasteiger partial charge in [0.1, 0.15) is 0 Å². The Labute approximate surface area is 234 Å². The molecule has 0 amide bonds. The number of benzene rings is 5.